The third kappa shape index (κ3) is 3.80. The maximum Gasteiger partial charge on any atom is 0.0481 e. The zero-order valence-electron chi connectivity index (χ0n) is 11.8. The predicted octanol–water partition coefficient (Wildman–Crippen LogP) is 4.10. The molecule has 1 aliphatic rings. The zero-order valence-corrected chi connectivity index (χ0v) is 13.4. The Kier molecular flexibility index (Phi) is 5.86. The lowest BCUT2D eigenvalue weighted by Crippen LogP contribution is -2.38. The SMILES string of the molecule is CN(C1CCCCCC1)C(CN)c1ccccc1Br. The van der Waals surface area contributed by atoms with Crippen molar-refractivity contribution in [2.75, 3.05) is 13.6 Å². The summed E-state index contributed by atoms with van der Waals surface area (Å²) >= 11 is 3.66. The van der Waals surface area contributed by atoms with Gasteiger partial charge in [0.25, 0.3) is 0 Å². The van der Waals surface area contributed by atoms with Crippen LogP contribution in [0.5, 0.6) is 0 Å². The van der Waals surface area contributed by atoms with Crippen LogP contribution in [-0.4, -0.2) is 24.5 Å². The van der Waals surface area contributed by atoms with Crippen LogP contribution < -0.4 is 5.73 Å². The van der Waals surface area contributed by atoms with E-state index in [0.717, 1.165) is 0 Å². The Bertz CT molecular complexity index is 386. The largest absolute Gasteiger partial charge is 0.329 e. The zero-order chi connectivity index (χ0) is 13.7. The molecule has 106 valence electrons. The van der Waals surface area contributed by atoms with Crippen molar-refractivity contribution in [1.82, 2.24) is 4.90 Å². The minimum atomic E-state index is 0.318. The van der Waals surface area contributed by atoms with Crippen molar-refractivity contribution in [3.05, 3.63) is 34.3 Å². The van der Waals surface area contributed by atoms with Gasteiger partial charge in [-0.25, -0.2) is 0 Å². The number of rotatable bonds is 4. The predicted molar refractivity (Wildman–Crippen MR) is 85.2 cm³/mol. The second-order valence-corrected chi connectivity index (χ2v) is 6.44. The number of benzene rings is 1. The topological polar surface area (TPSA) is 29.3 Å². The molecular weight excluding hydrogens is 300 g/mol. The van der Waals surface area contributed by atoms with Crippen LogP contribution in [-0.2, 0) is 0 Å². The molecule has 1 atom stereocenters. The summed E-state index contributed by atoms with van der Waals surface area (Å²) < 4.78 is 1.17. The summed E-state index contributed by atoms with van der Waals surface area (Å²) in [6.45, 7) is 0.676. The summed E-state index contributed by atoms with van der Waals surface area (Å²) in [6.07, 6.45) is 8.15. The smallest absolute Gasteiger partial charge is 0.0481 e. The average molecular weight is 325 g/mol. The molecule has 1 saturated carbocycles. The molecule has 1 aromatic carbocycles. The second-order valence-electron chi connectivity index (χ2n) is 5.58. The Balaban J connectivity index is 2.14. The summed E-state index contributed by atoms with van der Waals surface area (Å²) in [4.78, 5) is 2.51. The van der Waals surface area contributed by atoms with Gasteiger partial charge in [-0.1, -0.05) is 59.8 Å². The van der Waals surface area contributed by atoms with Crippen LogP contribution in [0, 0.1) is 0 Å². The fraction of sp³-hybridized carbons (Fsp3) is 0.625. The number of likely N-dealkylation sites (N-methyl/N-ethyl adjacent to an activating group) is 1. The molecule has 0 amide bonds. The quantitative estimate of drug-likeness (QED) is 0.845. The molecule has 0 bridgehead atoms. The van der Waals surface area contributed by atoms with Gasteiger partial charge < -0.3 is 5.73 Å². The van der Waals surface area contributed by atoms with E-state index in [4.69, 9.17) is 5.73 Å². The van der Waals surface area contributed by atoms with E-state index < -0.39 is 0 Å². The molecule has 2 N–H and O–H groups in total. The first-order valence-corrected chi connectivity index (χ1v) is 8.19. The Hall–Kier alpha value is -0.380. The highest BCUT2D eigenvalue weighted by atomic mass is 79.9. The highest BCUT2D eigenvalue weighted by Gasteiger charge is 2.25. The molecule has 0 spiro atoms. The van der Waals surface area contributed by atoms with Gasteiger partial charge in [-0.3, -0.25) is 4.90 Å². The molecule has 0 aliphatic heterocycles. The fourth-order valence-electron chi connectivity index (χ4n) is 3.18. The molecule has 0 radical (unpaired) electrons. The van der Waals surface area contributed by atoms with Crippen LogP contribution in [0.1, 0.15) is 50.1 Å². The van der Waals surface area contributed by atoms with Gasteiger partial charge in [0.1, 0.15) is 0 Å². The average Bonchev–Trinajstić information content (AvgIpc) is 2.70. The highest BCUT2D eigenvalue weighted by molar-refractivity contribution is 9.10. The standard InChI is InChI=1S/C16H25BrN2/c1-19(13-8-4-2-3-5-9-13)16(12-18)14-10-6-7-11-15(14)17/h6-7,10-11,13,16H,2-5,8-9,12,18H2,1H3. The molecule has 19 heavy (non-hydrogen) atoms. The number of nitrogens with two attached hydrogens (primary N) is 1. The van der Waals surface area contributed by atoms with Crippen molar-refractivity contribution in [1.29, 1.82) is 0 Å². The van der Waals surface area contributed by atoms with E-state index >= 15 is 0 Å². The molecule has 1 unspecified atom stereocenters. The molecule has 1 aromatic rings. The fourth-order valence-corrected chi connectivity index (χ4v) is 3.73. The van der Waals surface area contributed by atoms with Gasteiger partial charge in [0, 0.05) is 23.1 Å². The van der Waals surface area contributed by atoms with E-state index in [2.05, 4.69) is 52.1 Å². The van der Waals surface area contributed by atoms with Gasteiger partial charge >= 0.3 is 0 Å². The van der Waals surface area contributed by atoms with Crippen molar-refractivity contribution in [3.8, 4) is 0 Å². The van der Waals surface area contributed by atoms with E-state index in [1.54, 1.807) is 0 Å². The summed E-state index contributed by atoms with van der Waals surface area (Å²) in [5.74, 6) is 0. The van der Waals surface area contributed by atoms with Crippen molar-refractivity contribution >= 4 is 15.9 Å². The van der Waals surface area contributed by atoms with E-state index in [1.807, 2.05) is 0 Å². The summed E-state index contributed by atoms with van der Waals surface area (Å²) in [7, 11) is 2.24. The van der Waals surface area contributed by atoms with Crippen LogP contribution >= 0.6 is 15.9 Å². The van der Waals surface area contributed by atoms with E-state index in [9.17, 15) is 0 Å². The molecule has 3 heteroatoms. The van der Waals surface area contributed by atoms with Crippen LogP contribution in [0.25, 0.3) is 0 Å². The van der Waals surface area contributed by atoms with Crippen molar-refractivity contribution in [2.45, 2.75) is 50.6 Å². The number of nitrogens with zero attached hydrogens (tertiary/aromatic N) is 1. The molecule has 2 nitrogen and oxygen atoms in total. The molecule has 0 aromatic heterocycles. The van der Waals surface area contributed by atoms with E-state index in [1.165, 1.54) is 48.6 Å². The summed E-state index contributed by atoms with van der Waals surface area (Å²) in [6, 6.07) is 9.46. The third-order valence-electron chi connectivity index (χ3n) is 4.38. The van der Waals surface area contributed by atoms with Crippen LogP contribution in [0.3, 0.4) is 0 Å². The Labute approximate surface area is 125 Å². The third-order valence-corrected chi connectivity index (χ3v) is 5.10. The Morgan fingerprint density at radius 2 is 1.84 bits per heavy atom. The number of hydrogen-bond donors (Lipinski definition) is 1. The lowest BCUT2D eigenvalue weighted by Gasteiger charge is -2.35. The molecule has 0 heterocycles. The molecule has 0 saturated heterocycles. The first-order chi connectivity index (χ1) is 9.24. The molecule has 1 fully saturated rings. The van der Waals surface area contributed by atoms with Crippen molar-refractivity contribution in [2.24, 2.45) is 5.73 Å². The Morgan fingerprint density at radius 3 is 2.42 bits per heavy atom. The van der Waals surface area contributed by atoms with Gasteiger partial charge in [0.2, 0.25) is 0 Å². The molecule has 1 aliphatic carbocycles. The number of hydrogen-bond acceptors (Lipinski definition) is 2. The van der Waals surface area contributed by atoms with Crippen LogP contribution in [0.2, 0.25) is 0 Å². The van der Waals surface area contributed by atoms with Crippen LogP contribution in [0.4, 0.5) is 0 Å². The first-order valence-electron chi connectivity index (χ1n) is 7.40. The van der Waals surface area contributed by atoms with E-state index in [-0.39, 0.29) is 0 Å². The lowest BCUT2D eigenvalue weighted by molar-refractivity contribution is 0.161. The maximum atomic E-state index is 6.06. The van der Waals surface area contributed by atoms with Crippen molar-refractivity contribution in [3.63, 3.8) is 0 Å². The Morgan fingerprint density at radius 1 is 1.21 bits per heavy atom. The van der Waals surface area contributed by atoms with Gasteiger partial charge in [-0.05, 0) is 31.5 Å². The first kappa shape index (κ1) is 15.0. The van der Waals surface area contributed by atoms with Gasteiger partial charge in [0.05, 0.1) is 0 Å². The second kappa shape index (κ2) is 7.41. The van der Waals surface area contributed by atoms with Crippen LogP contribution in [0.15, 0.2) is 28.7 Å². The minimum absolute atomic E-state index is 0.318. The van der Waals surface area contributed by atoms with E-state index in [0.29, 0.717) is 18.6 Å². The maximum absolute atomic E-state index is 6.06. The molecular formula is C16H25BrN2. The van der Waals surface area contributed by atoms with Crippen molar-refractivity contribution < 1.29 is 0 Å². The monoisotopic (exact) mass is 324 g/mol. The normalized spacial score (nSPS) is 19.4. The summed E-state index contributed by atoms with van der Waals surface area (Å²) in [5, 5.41) is 0. The summed E-state index contributed by atoms with van der Waals surface area (Å²) in [5.41, 5.74) is 7.37. The lowest BCUT2D eigenvalue weighted by atomic mass is 10.0. The van der Waals surface area contributed by atoms with Gasteiger partial charge in [-0.2, -0.15) is 0 Å². The highest BCUT2D eigenvalue weighted by Crippen LogP contribution is 2.31. The number of halogens is 1. The molecule has 2 rings (SSSR count). The van der Waals surface area contributed by atoms with Gasteiger partial charge in [0.15, 0.2) is 0 Å². The minimum Gasteiger partial charge on any atom is -0.329 e. The van der Waals surface area contributed by atoms with Gasteiger partial charge in [-0.15, -0.1) is 0 Å².